The van der Waals surface area contributed by atoms with Crippen molar-refractivity contribution in [2.24, 2.45) is 0 Å². The van der Waals surface area contributed by atoms with E-state index in [0.29, 0.717) is 11.3 Å². The Kier molecular flexibility index (Phi) is 4.62. The molecular weight excluding hydrogens is 338 g/mol. The molecule has 26 heavy (non-hydrogen) atoms. The Hall–Kier alpha value is -3.35. The van der Waals surface area contributed by atoms with Gasteiger partial charge in [0.1, 0.15) is 11.8 Å². The maximum atomic E-state index is 12.6. The van der Waals surface area contributed by atoms with Gasteiger partial charge in [0.25, 0.3) is 5.91 Å². The molecule has 1 aromatic heterocycles. The van der Waals surface area contributed by atoms with E-state index < -0.39 is 23.7 Å². The predicted molar refractivity (Wildman–Crippen MR) is 90.4 cm³/mol. The molecule has 1 unspecified atom stereocenters. The fourth-order valence-corrected chi connectivity index (χ4v) is 2.98. The Morgan fingerprint density at radius 3 is 2.42 bits per heavy atom. The van der Waals surface area contributed by atoms with Crippen molar-refractivity contribution in [2.75, 3.05) is 0 Å². The van der Waals surface area contributed by atoms with Gasteiger partial charge in [-0.2, -0.15) is 0 Å². The van der Waals surface area contributed by atoms with Gasteiger partial charge in [-0.15, -0.1) is 0 Å². The van der Waals surface area contributed by atoms with Crippen molar-refractivity contribution >= 4 is 17.7 Å². The summed E-state index contributed by atoms with van der Waals surface area (Å²) < 4.78 is 5.39. The lowest BCUT2D eigenvalue weighted by Gasteiger charge is -2.25. The fraction of sp³-hybridized carbons (Fsp3) is 0.211. The van der Waals surface area contributed by atoms with Crippen molar-refractivity contribution in [1.82, 2.24) is 4.90 Å². The molecule has 0 saturated heterocycles. The lowest BCUT2D eigenvalue weighted by molar-refractivity contribution is -0.130. The van der Waals surface area contributed by atoms with E-state index in [1.54, 1.807) is 31.2 Å². The maximum absolute atomic E-state index is 12.6. The van der Waals surface area contributed by atoms with E-state index in [1.807, 2.05) is 0 Å². The smallest absolute Gasteiger partial charge is 0.335 e. The van der Waals surface area contributed by atoms with Crippen LogP contribution >= 0.6 is 0 Å². The van der Waals surface area contributed by atoms with E-state index >= 15 is 0 Å². The molecule has 0 spiro atoms. The molecule has 0 saturated carbocycles. The molecular formula is C19H17NO6. The second-order valence-corrected chi connectivity index (χ2v) is 5.89. The molecule has 1 aliphatic rings. The molecule has 7 heteroatoms. The first-order valence-corrected chi connectivity index (χ1v) is 8.07. The van der Waals surface area contributed by atoms with Crippen molar-refractivity contribution in [3.8, 4) is 0 Å². The Labute approximate surface area is 149 Å². The second-order valence-electron chi connectivity index (χ2n) is 5.89. The van der Waals surface area contributed by atoms with Crippen molar-refractivity contribution in [2.45, 2.75) is 25.9 Å². The average Bonchev–Trinajstić information content (AvgIpc) is 3.24. The number of carboxylic acids is 1. The number of carboxylic acid groups (broad SMARTS) is 1. The van der Waals surface area contributed by atoms with Crippen LogP contribution in [0.2, 0.25) is 0 Å². The number of ketones is 1. The zero-order valence-corrected chi connectivity index (χ0v) is 14.0. The summed E-state index contributed by atoms with van der Waals surface area (Å²) in [5, 5.41) is 19.2. The zero-order chi connectivity index (χ0) is 18.8. The molecule has 1 aromatic carbocycles. The Morgan fingerprint density at radius 1 is 1.19 bits per heavy atom. The van der Waals surface area contributed by atoms with Crippen LogP contribution in [-0.4, -0.2) is 32.8 Å². The number of amides is 1. The number of hydrogen-bond donors (Lipinski definition) is 2. The highest BCUT2D eigenvalue weighted by atomic mass is 16.4. The van der Waals surface area contributed by atoms with Crippen LogP contribution in [0.1, 0.15) is 41.1 Å². The molecule has 0 radical (unpaired) electrons. The summed E-state index contributed by atoms with van der Waals surface area (Å²) in [6, 6.07) is 8.52. The first kappa shape index (κ1) is 17.5. The van der Waals surface area contributed by atoms with Gasteiger partial charge in [0.05, 0.1) is 17.4 Å². The van der Waals surface area contributed by atoms with E-state index in [1.165, 1.54) is 23.3 Å². The maximum Gasteiger partial charge on any atom is 0.335 e. The van der Waals surface area contributed by atoms with Crippen molar-refractivity contribution in [3.63, 3.8) is 0 Å². The summed E-state index contributed by atoms with van der Waals surface area (Å²) in [4.78, 5) is 37.1. The molecule has 7 nitrogen and oxygen atoms in total. The van der Waals surface area contributed by atoms with Crippen LogP contribution in [0.25, 0.3) is 0 Å². The Bertz CT molecular complexity index is 879. The van der Waals surface area contributed by atoms with Gasteiger partial charge < -0.3 is 19.5 Å². The first-order chi connectivity index (χ1) is 12.4. The number of Topliss-reactive ketones (excluding diaryl/α,β-unsaturated/α-hetero) is 1. The van der Waals surface area contributed by atoms with Crippen molar-refractivity contribution in [3.05, 3.63) is 70.9 Å². The van der Waals surface area contributed by atoms with Gasteiger partial charge in [-0.1, -0.05) is 19.1 Å². The summed E-state index contributed by atoms with van der Waals surface area (Å²) in [6.07, 6.45) is 1.58. The first-order valence-electron chi connectivity index (χ1n) is 8.07. The molecule has 2 aromatic rings. The highest BCUT2D eigenvalue weighted by Crippen LogP contribution is 2.39. The lowest BCUT2D eigenvalue weighted by Crippen LogP contribution is -2.30. The van der Waals surface area contributed by atoms with Gasteiger partial charge in [0.15, 0.2) is 11.5 Å². The minimum absolute atomic E-state index is 0.0228. The van der Waals surface area contributed by atoms with E-state index in [2.05, 4.69) is 0 Å². The van der Waals surface area contributed by atoms with Crippen LogP contribution in [0.5, 0.6) is 0 Å². The summed E-state index contributed by atoms with van der Waals surface area (Å²) in [5.41, 5.74) is 0.819. The minimum atomic E-state index is -1.04. The Balaban J connectivity index is 1.96. The summed E-state index contributed by atoms with van der Waals surface area (Å²) in [6.45, 7) is 1.74. The average molecular weight is 355 g/mol. The number of hydrogen-bond acceptors (Lipinski definition) is 5. The number of aliphatic hydroxyl groups excluding tert-OH is 1. The molecule has 1 atom stereocenters. The fourth-order valence-electron chi connectivity index (χ4n) is 2.98. The van der Waals surface area contributed by atoms with Crippen LogP contribution in [0.15, 0.2) is 58.4 Å². The predicted octanol–water partition coefficient (Wildman–Crippen LogP) is 2.85. The molecule has 2 N–H and O–H groups in total. The van der Waals surface area contributed by atoms with Crippen LogP contribution in [-0.2, 0) is 16.1 Å². The number of benzene rings is 1. The third-order valence-corrected chi connectivity index (χ3v) is 4.29. The standard InChI is InChI=1S/C19H17NO6/c1-2-13(21)15-16(14-4-3-9-26-14)20(18(23)17(15)22)10-11-5-7-12(8-6-11)19(24)25/h3-9,16,22H,2,10H2,1H3,(H,24,25). The molecule has 0 bridgehead atoms. The van der Waals surface area contributed by atoms with E-state index in [0.717, 1.165) is 0 Å². The number of nitrogens with zero attached hydrogens (tertiary/aromatic N) is 1. The van der Waals surface area contributed by atoms with E-state index in [4.69, 9.17) is 9.52 Å². The van der Waals surface area contributed by atoms with Gasteiger partial charge >= 0.3 is 5.97 Å². The Morgan fingerprint density at radius 2 is 1.88 bits per heavy atom. The molecule has 1 amide bonds. The number of carbonyl (C=O) groups excluding carboxylic acids is 2. The van der Waals surface area contributed by atoms with Gasteiger partial charge in [-0.05, 0) is 29.8 Å². The summed E-state index contributed by atoms with van der Waals surface area (Å²) in [5.74, 6) is -2.23. The zero-order valence-electron chi connectivity index (χ0n) is 14.0. The van der Waals surface area contributed by atoms with E-state index in [9.17, 15) is 19.5 Å². The van der Waals surface area contributed by atoms with Gasteiger partial charge in [-0.25, -0.2) is 4.79 Å². The number of rotatable bonds is 6. The van der Waals surface area contributed by atoms with Gasteiger partial charge in [0, 0.05) is 13.0 Å². The normalized spacial score (nSPS) is 17.0. The number of carbonyl (C=O) groups is 3. The number of furan rings is 1. The van der Waals surface area contributed by atoms with Crippen LogP contribution in [0.3, 0.4) is 0 Å². The minimum Gasteiger partial charge on any atom is -0.503 e. The second kappa shape index (κ2) is 6.87. The van der Waals surface area contributed by atoms with Crippen molar-refractivity contribution in [1.29, 1.82) is 0 Å². The SMILES string of the molecule is CCC(=O)C1=C(O)C(=O)N(Cc2ccc(C(=O)O)cc2)C1c1ccco1. The molecule has 3 rings (SSSR count). The summed E-state index contributed by atoms with van der Waals surface area (Å²) >= 11 is 0. The molecule has 0 aliphatic carbocycles. The van der Waals surface area contributed by atoms with E-state index in [-0.39, 0.29) is 29.9 Å². The lowest BCUT2D eigenvalue weighted by atomic mass is 9.99. The third-order valence-electron chi connectivity index (χ3n) is 4.29. The van der Waals surface area contributed by atoms with Crippen LogP contribution < -0.4 is 0 Å². The third kappa shape index (κ3) is 2.99. The van der Waals surface area contributed by atoms with Crippen LogP contribution in [0.4, 0.5) is 0 Å². The highest BCUT2D eigenvalue weighted by Gasteiger charge is 2.44. The molecule has 134 valence electrons. The molecule has 1 aliphatic heterocycles. The van der Waals surface area contributed by atoms with Crippen molar-refractivity contribution < 1.29 is 29.0 Å². The van der Waals surface area contributed by atoms with Gasteiger partial charge in [-0.3, -0.25) is 9.59 Å². The molecule has 0 fully saturated rings. The van der Waals surface area contributed by atoms with Crippen LogP contribution in [0, 0.1) is 0 Å². The quantitative estimate of drug-likeness (QED) is 0.825. The molecule has 2 heterocycles. The van der Waals surface area contributed by atoms with Gasteiger partial charge in [0.2, 0.25) is 0 Å². The number of aliphatic hydroxyl groups is 1. The highest BCUT2D eigenvalue weighted by molar-refractivity contribution is 6.08. The summed E-state index contributed by atoms with van der Waals surface area (Å²) in [7, 11) is 0. The largest absolute Gasteiger partial charge is 0.503 e. The topological polar surface area (TPSA) is 108 Å². The monoisotopic (exact) mass is 355 g/mol. The number of aromatic carboxylic acids is 1.